The third-order valence-corrected chi connectivity index (χ3v) is 6.08. The number of imidazole rings is 1. The number of esters is 1. The van der Waals surface area contributed by atoms with E-state index in [1.807, 2.05) is 49.4 Å². The lowest BCUT2D eigenvalue weighted by Gasteiger charge is -2.23. The molecule has 3 N–H and O–H groups in total. The van der Waals surface area contributed by atoms with Crippen LogP contribution in [-0.2, 0) is 4.74 Å². The van der Waals surface area contributed by atoms with E-state index in [4.69, 9.17) is 4.74 Å². The van der Waals surface area contributed by atoms with E-state index in [1.165, 1.54) is 0 Å². The minimum absolute atomic E-state index is 0.334. The van der Waals surface area contributed by atoms with Gasteiger partial charge in [0.1, 0.15) is 6.61 Å². The number of pyridine rings is 2. The van der Waals surface area contributed by atoms with E-state index in [0.717, 1.165) is 65.2 Å². The molecule has 0 aliphatic carbocycles. The number of hydrogen-bond acceptors (Lipinski definition) is 7. The Hall–Kier alpha value is -3.62. The first kappa shape index (κ1) is 22.2. The van der Waals surface area contributed by atoms with Gasteiger partial charge < -0.3 is 20.4 Å². The topological polar surface area (TPSA) is 105 Å². The maximum atomic E-state index is 12.6. The minimum atomic E-state index is -0.365. The van der Waals surface area contributed by atoms with Crippen LogP contribution in [0.15, 0.2) is 55.0 Å². The van der Waals surface area contributed by atoms with E-state index in [1.54, 1.807) is 12.5 Å². The SMILES string of the molecule is Cc1cccc(-c2[nH]cnc2-c2ccc3ncc(C(=O)OCCNC4CCNCC4)cc3c2)n1. The number of nitrogens with one attached hydrogen (secondary N) is 3. The molecule has 0 saturated carbocycles. The molecule has 5 rings (SSSR count). The van der Waals surface area contributed by atoms with E-state index >= 15 is 0 Å². The molecular formula is C26H28N6O2. The summed E-state index contributed by atoms with van der Waals surface area (Å²) in [5, 5.41) is 7.65. The Morgan fingerprint density at radius 2 is 2.03 bits per heavy atom. The number of aromatic amines is 1. The van der Waals surface area contributed by atoms with E-state index in [2.05, 4.69) is 30.6 Å². The first-order chi connectivity index (χ1) is 16.7. The van der Waals surface area contributed by atoms with Crippen molar-refractivity contribution >= 4 is 16.9 Å². The van der Waals surface area contributed by atoms with Crippen molar-refractivity contribution in [3.8, 4) is 22.6 Å². The molecule has 0 radical (unpaired) electrons. The van der Waals surface area contributed by atoms with Crippen molar-refractivity contribution in [1.29, 1.82) is 0 Å². The Labute approximate surface area is 198 Å². The van der Waals surface area contributed by atoms with Crippen LogP contribution in [0.4, 0.5) is 0 Å². The molecular weight excluding hydrogens is 428 g/mol. The Morgan fingerprint density at radius 1 is 1.15 bits per heavy atom. The molecule has 0 amide bonds. The molecule has 34 heavy (non-hydrogen) atoms. The third kappa shape index (κ3) is 4.98. The van der Waals surface area contributed by atoms with Gasteiger partial charge in [-0.1, -0.05) is 12.1 Å². The summed E-state index contributed by atoms with van der Waals surface area (Å²) in [4.78, 5) is 29.4. The molecule has 8 heteroatoms. The van der Waals surface area contributed by atoms with Crippen LogP contribution in [0.5, 0.6) is 0 Å². The molecule has 1 aliphatic heterocycles. The highest BCUT2D eigenvalue weighted by Crippen LogP contribution is 2.30. The first-order valence-electron chi connectivity index (χ1n) is 11.7. The molecule has 0 atom stereocenters. The Balaban J connectivity index is 1.30. The van der Waals surface area contributed by atoms with Gasteiger partial charge in [-0.3, -0.25) is 9.97 Å². The monoisotopic (exact) mass is 456 g/mol. The molecule has 1 fully saturated rings. The average Bonchev–Trinajstić information content (AvgIpc) is 3.37. The number of benzene rings is 1. The van der Waals surface area contributed by atoms with Crippen molar-refractivity contribution in [3.63, 3.8) is 0 Å². The van der Waals surface area contributed by atoms with Crippen LogP contribution in [0.3, 0.4) is 0 Å². The average molecular weight is 457 g/mol. The summed E-state index contributed by atoms with van der Waals surface area (Å²) in [5.74, 6) is -0.365. The molecule has 1 aromatic carbocycles. The van der Waals surface area contributed by atoms with Crippen molar-refractivity contribution < 1.29 is 9.53 Å². The van der Waals surface area contributed by atoms with Gasteiger partial charge in [0.15, 0.2) is 0 Å². The molecule has 1 aliphatic rings. The van der Waals surface area contributed by atoms with Crippen LogP contribution in [0, 0.1) is 6.92 Å². The normalized spacial score (nSPS) is 14.4. The predicted molar refractivity (Wildman–Crippen MR) is 131 cm³/mol. The number of ether oxygens (including phenoxy) is 1. The van der Waals surface area contributed by atoms with Crippen LogP contribution in [0.1, 0.15) is 28.9 Å². The van der Waals surface area contributed by atoms with Crippen molar-refractivity contribution in [2.24, 2.45) is 0 Å². The maximum Gasteiger partial charge on any atom is 0.339 e. The van der Waals surface area contributed by atoms with Crippen molar-refractivity contribution in [2.75, 3.05) is 26.2 Å². The van der Waals surface area contributed by atoms with E-state index in [-0.39, 0.29) is 5.97 Å². The Bertz CT molecular complexity index is 1300. The van der Waals surface area contributed by atoms with E-state index in [0.29, 0.717) is 24.8 Å². The van der Waals surface area contributed by atoms with Crippen LogP contribution < -0.4 is 10.6 Å². The number of fused-ring (bicyclic) bond motifs is 1. The summed E-state index contributed by atoms with van der Waals surface area (Å²) in [6.45, 7) is 5.01. The number of carbonyl (C=O) groups is 1. The standard InChI is InChI=1S/C26H28N6O2/c1-17-3-2-4-23(32-17)25-24(30-16-31-25)18-5-6-22-19(13-18)14-20(15-29-22)26(33)34-12-11-28-21-7-9-27-10-8-21/h2-6,13-16,21,27-28H,7-12H2,1H3,(H,30,31). The highest BCUT2D eigenvalue weighted by molar-refractivity contribution is 5.95. The van der Waals surface area contributed by atoms with Gasteiger partial charge >= 0.3 is 5.97 Å². The van der Waals surface area contributed by atoms with Gasteiger partial charge in [0.2, 0.25) is 0 Å². The lowest BCUT2D eigenvalue weighted by Crippen LogP contribution is -2.41. The fourth-order valence-corrected chi connectivity index (χ4v) is 4.30. The number of nitrogens with zero attached hydrogens (tertiary/aromatic N) is 3. The Kier molecular flexibility index (Phi) is 6.60. The molecule has 0 spiro atoms. The Morgan fingerprint density at radius 3 is 2.88 bits per heavy atom. The number of piperidine rings is 1. The van der Waals surface area contributed by atoms with Crippen LogP contribution in [-0.4, -0.2) is 58.2 Å². The number of aromatic nitrogens is 4. The number of hydrogen-bond donors (Lipinski definition) is 3. The molecule has 8 nitrogen and oxygen atoms in total. The molecule has 0 bridgehead atoms. The maximum absolute atomic E-state index is 12.6. The van der Waals surface area contributed by atoms with Gasteiger partial charge in [-0.25, -0.2) is 9.78 Å². The van der Waals surface area contributed by atoms with Crippen LogP contribution >= 0.6 is 0 Å². The third-order valence-electron chi connectivity index (χ3n) is 6.08. The van der Waals surface area contributed by atoms with Gasteiger partial charge in [-0.2, -0.15) is 0 Å². The van der Waals surface area contributed by atoms with Crippen molar-refractivity contribution in [2.45, 2.75) is 25.8 Å². The van der Waals surface area contributed by atoms with Gasteiger partial charge in [-0.05, 0) is 63.2 Å². The zero-order chi connectivity index (χ0) is 23.3. The summed E-state index contributed by atoms with van der Waals surface area (Å²) < 4.78 is 5.48. The van der Waals surface area contributed by atoms with Gasteiger partial charge in [0.05, 0.1) is 34.5 Å². The van der Waals surface area contributed by atoms with E-state index < -0.39 is 0 Å². The number of H-pyrrole nitrogens is 1. The van der Waals surface area contributed by atoms with Crippen LogP contribution in [0.2, 0.25) is 0 Å². The quantitative estimate of drug-likeness (QED) is 0.289. The first-order valence-corrected chi connectivity index (χ1v) is 11.7. The second-order valence-corrected chi connectivity index (χ2v) is 8.54. The van der Waals surface area contributed by atoms with Crippen molar-refractivity contribution in [1.82, 2.24) is 30.6 Å². The van der Waals surface area contributed by atoms with Crippen LogP contribution in [0.25, 0.3) is 33.5 Å². The molecule has 4 heterocycles. The predicted octanol–water partition coefficient (Wildman–Crippen LogP) is 3.49. The number of carbonyl (C=O) groups excluding carboxylic acids is 1. The minimum Gasteiger partial charge on any atom is -0.461 e. The largest absolute Gasteiger partial charge is 0.461 e. The second kappa shape index (κ2) is 10.1. The second-order valence-electron chi connectivity index (χ2n) is 8.54. The fraction of sp³-hybridized carbons (Fsp3) is 0.308. The zero-order valence-electron chi connectivity index (χ0n) is 19.2. The molecule has 3 aromatic heterocycles. The number of rotatable bonds is 7. The molecule has 4 aromatic rings. The summed E-state index contributed by atoms with van der Waals surface area (Å²) >= 11 is 0. The summed E-state index contributed by atoms with van der Waals surface area (Å²) in [6, 6.07) is 14.1. The van der Waals surface area contributed by atoms with Gasteiger partial charge in [-0.15, -0.1) is 0 Å². The fourth-order valence-electron chi connectivity index (χ4n) is 4.30. The summed E-state index contributed by atoms with van der Waals surface area (Å²) in [5.41, 5.74) is 5.60. The molecule has 0 unspecified atom stereocenters. The van der Waals surface area contributed by atoms with Gasteiger partial charge in [0, 0.05) is 35.4 Å². The lowest BCUT2D eigenvalue weighted by atomic mass is 10.0. The highest BCUT2D eigenvalue weighted by atomic mass is 16.5. The molecule has 174 valence electrons. The highest BCUT2D eigenvalue weighted by Gasteiger charge is 2.15. The molecule has 1 saturated heterocycles. The lowest BCUT2D eigenvalue weighted by molar-refractivity contribution is 0.0504. The van der Waals surface area contributed by atoms with Crippen molar-refractivity contribution in [3.05, 3.63) is 66.2 Å². The van der Waals surface area contributed by atoms with Gasteiger partial charge in [0.25, 0.3) is 0 Å². The summed E-state index contributed by atoms with van der Waals surface area (Å²) in [6.07, 6.45) is 5.44. The number of aryl methyl sites for hydroxylation is 1. The zero-order valence-corrected chi connectivity index (χ0v) is 19.2. The van der Waals surface area contributed by atoms with E-state index in [9.17, 15) is 4.79 Å². The summed E-state index contributed by atoms with van der Waals surface area (Å²) in [7, 11) is 0. The smallest absolute Gasteiger partial charge is 0.339 e.